The van der Waals surface area contributed by atoms with Gasteiger partial charge in [0, 0.05) is 0 Å². The van der Waals surface area contributed by atoms with Crippen molar-refractivity contribution in [3.8, 4) is 5.75 Å². The topological polar surface area (TPSA) is 63.3 Å². The van der Waals surface area contributed by atoms with Crippen LogP contribution >= 0.6 is 0 Å². The maximum absolute atomic E-state index is 10.8. The normalized spacial score (nSPS) is 10.7. The first-order valence-electron chi connectivity index (χ1n) is 6.86. The van der Waals surface area contributed by atoms with E-state index in [-0.39, 0.29) is 11.5 Å². The van der Waals surface area contributed by atoms with Gasteiger partial charge >= 0.3 is 0 Å². The standard InChI is InChI=1S/C10H13NO2.C4H10.C2H6/c1-7(12)10(11)6-8-2-4-9(13)5-3-8;1-4(2)3;1-2/h2-5,10,13H,6,11H2,1H3;4H,1-3H3;1-2H3. The summed E-state index contributed by atoms with van der Waals surface area (Å²) < 4.78 is 0. The molecule has 0 saturated heterocycles. The molecule has 1 rings (SSSR count). The highest BCUT2D eigenvalue weighted by molar-refractivity contribution is 5.81. The third-order valence-electron chi connectivity index (χ3n) is 1.91. The Kier molecular flexibility index (Phi) is 12.3. The molecule has 3 N–H and O–H groups in total. The van der Waals surface area contributed by atoms with E-state index in [4.69, 9.17) is 10.8 Å². The van der Waals surface area contributed by atoms with E-state index in [0.717, 1.165) is 11.5 Å². The van der Waals surface area contributed by atoms with Crippen LogP contribution in [0, 0.1) is 5.92 Å². The highest BCUT2D eigenvalue weighted by Crippen LogP contribution is 2.10. The zero-order valence-corrected chi connectivity index (χ0v) is 13.1. The molecule has 1 aromatic rings. The number of nitrogens with two attached hydrogens (primary N) is 1. The molecule has 0 aliphatic heterocycles. The lowest BCUT2D eigenvalue weighted by Crippen LogP contribution is -2.30. The predicted octanol–water partition coefficient (Wildman–Crippen LogP) is 3.54. The molecule has 0 amide bonds. The van der Waals surface area contributed by atoms with Crippen LogP contribution in [-0.2, 0) is 11.2 Å². The van der Waals surface area contributed by atoms with Crippen molar-refractivity contribution in [1.29, 1.82) is 0 Å². The summed E-state index contributed by atoms with van der Waals surface area (Å²) in [4.78, 5) is 10.8. The smallest absolute Gasteiger partial charge is 0.146 e. The molecule has 0 radical (unpaired) electrons. The molecule has 3 nitrogen and oxygen atoms in total. The van der Waals surface area contributed by atoms with E-state index >= 15 is 0 Å². The van der Waals surface area contributed by atoms with Gasteiger partial charge < -0.3 is 10.8 Å². The Morgan fingerprint density at radius 2 is 1.53 bits per heavy atom. The van der Waals surface area contributed by atoms with Crippen LogP contribution in [0.1, 0.15) is 47.1 Å². The molecule has 3 heteroatoms. The lowest BCUT2D eigenvalue weighted by atomic mass is 10.0. The molecule has 19 heavy (non-hydrogen) atoms. The van der Waals surface area contributed by atoms with Crippen LogP contribution in [0.15, 0.2) is 24.3 Å². The molecular formula is C16H29NO2. The van der Waals surface area contributed by atoms with Crippen LogP contribution < -0.4 is 5.73 Å². The Morgan fingerprint density at radius 3 is 1.84 bits per heavy atom. The quantitative estimate of drug-likeness (QED) is 0.880. The van der Waals surface area contributed by atoms with Crippen molar-refractivity contribution in [1.82, 2.24) is 0 Å². The summed E-state index contributed by atoms with van der Waals surface area (Å²) in [5, 5.41) is 9.00. The number of phenolic OH excluding ortho intramolecular Hbond substituents is 1. The average molecular weight is 267 g/mol. The summed E-state index contributed by atoms with van der Waals surface area (Å²) in [5.74, 6) is 1.04. The Morgan fingerprint density at radius 1 is 1.16 bits per heavy atom. The van der Waals surface area contributed by atoms with Gasteiger partial charge in [-0.15, -0.1) is 0 Å². The number of benzene rings is 1. The maximum atomic E-state index is 10.8. The first kappa shape index (κ1) is 20.0. The van der Waals surface area contributed by atoms with Crippen molar-refractivity contribution in [2.75, 3.05) is 0 Å². The van der Waals surface area contributed by atoms with Crippen LogP contribution in [0.3, 0.4) is 0 Å². The van der Waals surface area contributed by atoms with E-state index in [9.17, 15) is 4.79 Å². The third-order valence-corrected chi connectivity index (χ3v) is 1.91. The number of carbonyl (C=O) groups excluding carboxylic acids is 1. The van der Waals surface area contributed by atoms with Crippen molar-refractivity contribution in [3.05, 3.63) is 29.8 Å². The van der Waals surface area contributed by atoms with E-state index in [1.807, 2.05) is 13.8 Å². The van der Waals surface area contributed by atoms with Crippen LogP contribution in [0.4, 0.5) is 0 Å². The first-order chi connectivity index (χ1) is 8.82. The third kappa shape index (κ3) is 12.9. The van der Waals surface area contributed by atoms with E-state index in [2.05, 4.69) is 20.8 Å². The minimum absolute atomic E-state index is 0.0203. The Bertz CT molecular complexity index is 328. The second-order valence-corrected chi connectivity index (χ2v) is 4.82. The summed E-state index contributed by atoms with van der Waals surface area (Å²) in [7, 11) is 0. The number of ketones is 1. The molecule has 110 valence electrons. The zero-order valence-electron chi connectivity index (χ0n) is 13.1. The molecule has 0 bridgehead atoms. The molecule has 0 aliphatic carbocycles. The second-order valence-electron chi connectivity index (χ2n) is 4.82. The number of rotatable bonds is 3. The fourth-order valence-electron chi connectivity index (χ4n) is 1.03. The van der Waals surface area contributed by atoms with Gasteiger partial charge in [0.15, 0.2) is 0 Å². The number of phenols is 1. The van der Waals surface area contributed by atoms with E-state index in [1.165, 1.54) is 6.92 Å². The summed E-state index contributed by atoms with van der Waals surface area (Å²) >= 11 is 0. The molecular weight excluding hydrogens is 238 g/mol. The summed E-state index contributed by atoms with van der Waals surface area (Å²) in [6.07, 6.45) is 0.523. The fraction of sp³-hybridized carbons (Fsp3) is 0.562. The molecule has 1 atom stereocenters. The van der Waals surface area contributed by atoms with Gasteiger partial charge in [0.2, 0.25) is 0 Å². The second kappa shape index (κ2) is 11.7. The Balaban J connectivity index is 0. The minimum Gasteiger partial charge on any atom is -0.508 e. The van der Waals surface area contributed by atoms with Gasteiger partial charge in [0.05, 0.1) is 6.04 Å². The predicted molar refractivity (Wildman–Crippen MR) is 82.3 cm³/mol. The molecule has 0 fully saturated rings. The van der Waals surface area contributed by atoms with Gasteiger partial charge in [-0.05, 0) is 37.0 Å². The van der Waals surface area contributed by atoms with Gasteiger partial charge in [-0.1, -0.05) is 46.8 Å². The Labute approximate surface area is 117 Å². The summed E-state index contributed by atoms with van der Waals surface area (Å²) in [5.41, 5.74) is 6.53. The molecule has 0 heterocycles. The highest BCUT2D eigenvalue weighted by atomic mass is 16.3. The summed E-state index contributed by atoms with van der Waals surface area (Å²) in [6.45, 7) is 12.0. The maximum Gasteiger partial charge on any atom is 0.146 e. The van der Waals surface area contributed by atoms with Crippen LogP contribution in [0.2, 0.25) is 0 Å². The van der Waals surface area contributed by atoms with Crippen LogP contribution in [0.5, 0.6) is 5.75 Å². The molecule has 0 saturated carbocycles. The van der Waals surface area contributed by atoms with Crippen LogP contribution in [0.25, 0.3) is 0 Å². The lowest BCUT2D eigenvalue weighted by Gasteiger charge is -2.07. The minimum atomic E-state index is -0.440. The fourth-order valence-corrected chi connectivity index (χ4v) is 1.03. The van der Waals surface area contributed by atoms with Gasteiger partial charge in [-0.2, -0.15) is 0 Å². The van der Waals surface area contributed by atoms with Crippen molar-refractivity contribution in [3.63, 3.8) is 0 Å². The SMILES string of the molecule is CC.CC(=O)C(N)Cc1ccc(O)cc1.CC(C)C. The summed E-state index contributed by atoms with van der Waals surface area (Å²) in [6, 6.07) is 6.25. The molecule has 1 unspecified atom stereocenters. The molecule has 0 aromatic heterocycles. The number of carbonyl (C=O) groups is 1. The average Bonchev–Trinajstić information content (AvgIpc) is 2.34. The highest BCUT2D eigenvalue weighted by Gasteiger charge is 2.08. The van der Waals surface area contributed by atoms with Crippen molar-refractivity contribution in [2.45, 2.75) is 54.0 Å². The molecule has 1 aromatic carbocycles. The van der Waals surface area contributed by atoms with Gasteiger partial charge in [-0.25, -0.2) is 0 Å². The van der Waals surface area contributed by atoms with Crippen LogP contribution in [-0.4, -0.2) is 16.9 Å². The van der Waals surface area contributed by atoms with Gasteiger partial charge in [0.25, 0.3) is 0 Å². The van der Waals surface area contributed by atoms with Crippen molar-refractivity contribution >= 4 is 5.78 Å². The Hall–Kier alpha value is -1.35. The monoisotopic (exact) mass is 267 g/mol. The van der Waals surface area contributed by atoms with Gasteiger partial charge in [0.1, 0.15) is 11.5 Å². The largest absolute Gasteiger partial charge is 0.508 e. The number of aromatic hydroxyl groups is 1. The van der Waals surface area contributed by atoms with E-state index in [0.29, 0.717) is 6.42 Å². The van der Waals surface area contributed by atoms with Crippen molar-refractivity contribution in [2.24, 2.45) is 11.7 Å². The van der Waals surface area contributed by atoms with E-state index < -0.39 is 6.04 Å². The van der Waals surface area contributed by atoms with E-state index in [1.54, 1.807) is 24.3 Å². The zero-order chi connectivity index (χ0) is 15.4. The lowest BCUT2D eigenvalue weighted by molar-refractivity contribution is -0.118. The van der Waals surface area contributed by atoms with Crippen molar-refractivity contribution < 1.29 is 9.90 Å². The molecule has 0 aliphatic rings. The number of hydrogen-bond donors (Lipinski definition) is 2. The first-order valence-corrected chi connectivity index (χ1v) is 6.86. The molecule has 0 spiro atoms. The number of hydrogen-bond acceptors (Lipinski definition) is 3. The number of Topliss-reactive ketones (excluding diaryl/α,β-unsaturated/α-hetero) is 1. The van der Waals surface area contributed by atoms with Gasteiger partial charge in [-0.3, -0.25) is 4.79 Å².